The maximum absolute atomic E-state index is 12.0. The lowest BCUT2D eigenvalue weighted by Crippen LogP contribution is -2.40. The van der Waals surface area contributed by atoms with E-state index in [2.05, 4.69) is 18.6 Å². The van der Waals surface area contributed by atoms with E-state index in [-0.39, 0.29) is 6.04 Å². The number of rotatable bonds is 3. The smallest absolute Gasteiger partial charge is 0.212 e. The summed E-state index contributed by atoms with van der Waals surface area (Å²) in [5, 5.41) is 0. The van der Waals surface area contributed by atoms with Crippen molar-refractivity contribution in [1.82, 2.24) is 4.72 Å². The predicted molar refractivity (Wildman–Crippen MR) is 61.0 cm³/mol. The average molecular weight is 231 g/mol. The Kier molecular flexibility index (Phi) is 2.62. The van der Waals surface area contributed by atoms with Crippen LogP contribution < -0.4 is 4.72 Å². The van der Waals surface area contributed by atoms with Gasteiger partial charge in [-0.1, -0.05) is 13.8 Å². The minimum absolute atomic E-state index is 0.178. The van der Waals surface area contributed by atoms with Gasteiger partial charge in [0.25, 0.3) is 0 Å². The fourth-order valence-corrected chi connectivity index (χ4v) is 3.92. The van der Waals surface area contributed by atoms with Crippen molar-refractivity contribution >= 4 is 10.0 Å². The molecule has 0 aromatic rings. The molecule has 2 saturated carbocycles. The zero-order chi connectivity index (χ0) is 11.3. The van der Waals surface area contributed by atoms with Gasteiger partial charge in [-0.25, -0.2) is 13.1 Å². The van der Waals surface area contributed by atoms with Crippen LogP contribution in [0.15, 0.2) is 0 Å². The third kappa shape index (κ3) is 2.07. The lowest BCUT2D eigenvalue weighted by atomic mass is 10.0. The van der Waals surface area contributed by atoms with Gasteiger partial charge in [0.15, 0.2) is 0 Å². The Morgan fingerprint density at radius 3 is 2.00 bits per heavy atom. The van der Waals surface area contributed by atoms with Gasteiger partial charge in [0.2, 0.25) is 10.0 Å². The van der Waals surface area contributed by atoms with E-state index in [1.807, 2.05) is 6.92 Å². The van der Waals surface area contributed by atoms with Gasteiger partial charge in [-0.2, -0.15) is 0 Å². The topological polar surface area (TPSA) is 46.2 Å². The summed E-state index contributed by atoms with van der Waals surface area (Å²) in [5.74, 6) is 1.29. The molecule has 1 unspecified atom stereocenters. The van der Waals surface area contributed by atoms with E-state index in [1.54, 1.807) is 0 Å². The Morgan fingerprint density at radius 1 is 1.13 bits per heavy atom. The molecule has 0 heterocycles. The summed E-state index contributed by atoms with van der Waals surface area (Å²) in [7, 11) is -3.07. The van der Waals surface area contributed by atoms with Gasteiger partial charge < -0.3 is 0 Å². The number of nitrogens with one attached hydrogen (secondary N) is 1. The summed E-state index contributed by atoms with van der Waals surface area (Å²) in [5.41, 5.74) is 0. The van der Waals surface area contributed by atoms with E-state index in [9.17, 15) is 8.42 Å². The fraction of sp³-hybridized carbons (Fsp3) is 1.00. The molecule has 0 bridgehead atoms. The van der Waals surface area contributed by atoms with Crippen molar-refractivity contribution < 1.29 is 8.42 Å². The Labute approximate surface area is 92.7 Å². The molecule has 1 N–H and O–H groups in total. The minimum atomic E-state index is -3.07. The van der Waals surface area contributed by atoms with E-state index < -0.39 is 14.8 Å². The molecule has 2 fully saturated rings. The van der Waals surface area contributed by atoms with E-state index in [4.69, 9.17) is 0 Å². The molecule has 0 aromatic carbocycles. The number of hydrogen-bond donors (Lipinski definition) is 1. The van der Waals surface area contributed by atoms with Crippen molar-refractivity contribution in [3.05, 3.63) is 0 Å². The Hall–Kier alpha value is -0.0900. The fourth-order valence-electron chi connectivity index (χ4n) is 2.36. The second kappa shape index (κ2) is 3.45. The molecule has 0 aliphatic heterocycles. The van der Waals surface area contributed by atoms with E-state index >= 15 is 0 Å². The first kappa shape index (κ1) is 11.4. The van der Waals surface area contributed by atoms with Crippen LogP contribution in [0.3, 0.4) is 0 Å². The van der Waals surface area contributed by atoms with Gasteiger partial charge in [0, 0.05) is 6.04 Å². The third-order valence-electron chi connectivity index (χ3n) is 4.21. The van der Waals surface area contributed by atoms with Gasteiger partial charge in [0.05, 0.1) is 4.75 Å². The molecule has 0 amide bonds. The van der Waals surface area contributed by atoms with Crippen LogP contribution in [0.25, 0.3) is 0 Å². The molecule has 2 aliphatic carbocycles. The highest BCUT2D eigenvalue weighted by Gasteiger charge is 2.51. The predicted octanol–water partition coefficient (Wildman–Crippen LogP) is 1.89. The Bertz CT molecular complexity index is 336. The lowest BCUT2D eigenvalue weighted by Gasteiger charge is -2.17. The second-order valence-electron chi connectivity index (χ2n) is 5.69. The quantitative estimate of drug-likeness (QED) is 0.806. The summed E-state index contributed by atoms with van der Waals surface area (Å²) in [6.45, 7) is 6.26. The highest BCUT2D eigenvalue weighted by molar-refractivity contribution is 7.91. The molecule has 15 heavy (non-hydrogen) atoms. The van der Waals surface area contributed by atoms with E-state index in [1.165, 1.54) is 0 Å². The first-order valence-electron chi connectivity index (χ1n) is 5.86. The zero-order valence-electron chi connectivity index (χ0n) is 9.79. The standard InChI is InChI=1S/C11H21NO2S/c1-8-6-10(7-9(8)2)12-15(13,14)11(3)4-5-11/h8-10,12H,4-7H2,1-3H3/t8-,9+,10?. The summed E-state index contributed by atoms with van der Waals surface area (Å²) in [4.78, 5) is 0. The van der Waals surface area contributed by atoms with Crippen LogP contribution in [0.4, 0.5) is 0 Å². The van der Waals surface area contributed by atoms with E-state index in [0.29, 0.717) is 11.8 Å². The number of hydrogen-bond acceptors (Lipinski definition) is 2. The first-order valence-corrected chi connectivity index (χ1v) is 7.34. The highest BCUT2D eigenvalue weighted by Crippen LogP contribution is 2.43. The van der Waals surface area contributed by atoms with Gasteiger partial charge in [-0.3, -0.25) is 0 Å². The van der Waals surface area contributed by atoms with Crippen molar-refractivity contribution in [2.45, 2.75) is 57.2 Å². The molecule has 88 valence electrons. The first-order chi connectivity index (χ1) is 6.84. The monoisotopic (exact) mass is 231 g/mol. The SMILES string of the molecule is C[C@@H]1CC(NS(=O)(=O)C2(C)CC2)C[C@@H]1C. The maximum atomic E-state index is 12.0. The molecular weight excluding hydrogens is 210 g/mol. The van der Waals surface area contributed by atoms with Crippen molar-refractivity contribution in [3.8, 4) is 0 Å². The minimum Gasteiger partial charge on any atom is -0.212 e. The molecule has 0 radical (unpaired) electrons. The largest absolute Gasteiger partial charge is 0.217 e. The third-order valence-corrected chi connectivity index (χ3v) is 6.56. The van der Waals surface area contributed by atoms with Crippen LogP contribution in [0.5, 0.6) is 0 Å². The normalized spacial score (nSPS) is 39.3. The van der Waals surface area contributed by atoms with Crippen molar-refractivity contribution in [3.63, 3.8) is 0 Å². The molecular formula is C11H21NO2S. The van der Waals surface area contributed by atoms with Crippen molar-refractivity contribution in [1.29, 1.82) is 0 Å². The van der Waals surface area contributed by atoms with Crippen LogP contribution in [0.2, 0.25) is 0 Å². The summed E-state index contributed by atoms with van der Waals surface area (Å²) in [6.07, 6.45) is 3.63. The molecule has 3 nitrogen and oxygen atoms in total. The molecule has 0 aromatic heterocycles. The van der Waals surface area contributed by atoms with Gasteiger partial charge in [-0.05, 0) is 44.4 Å². The average Bonchev–Trinajstić information content (AvgIpc) is 2.77. The maximum Gasteiger partial charge on any atom is 0.217 e. The Balaban J connectivity index is 1.99. The summed E-state index contributed by atoms with van der Waals surface area (Å²) >= 11 is 0. The molecule has 3 atom stereocenters. The van der Waals surface area contributed by atoms with Gasteiger partial charge in [-0.15, -0.1) is 0 Å². The van der Waals surface area contributed by atoms with Crippen LogP contribution in [0.1, 0.15) is 46.5 Å². The van der Waals surface area contributed by atoms with Crippen LogP contribution in [-0.2, 0) is 10.0 Å². The Morgan fingerprint density at radius 2 is 1.60 bits per heavy atom. The van der Waals surface area contributed by atoms with Crippen LogP contribution in [-0.4, -0.2) is 19.2 Å². The van der Waals surface area contributed by atoms with Crippen molar-refractivity contribution in [2.75, 3.05) is 0 Å². The summed E-state index contributed by atoms with van der Waals surface area (Å²) in [6, 6.07) is 0.178. The van der Waals surface area contributed by atoms with Gasteiger partial charge >= 0.3 is 0 Å². The molecule has 2 rings (SSSR count). The van der Waals surface area contributed by atoms with E-state index in [0.717, 1.165) is 25.7 Å². The molecule has 2 aliphatic rings. The van der Waals surface area contributed by atoms with Gasteiger partial charge in [0.1, 0.15) is 0 Å². The molecule has 0 saturated heterocycles. The molecule has 0 spiro atoms. The lowest BCUT2D eigenvalue weighted by molar-refractivity contribution is 0.457. The summed E-state index contributed by atoms with van der Waals surface area (Å²) < 4.78 is 26.4. The molecule has 4 heteroatoms. The number of sulfonamides is 1. The zero-order valence-corrected chi connectivity index (χ0v) is 10.6. The second-order valence-corrected chi connectivity index (χ2v) is 7.92. The van der Waals surface area contributed by atoms with Crippen LogP contribution >= 0.6 is 0 Å². The highest BCUT2D eigenvalue weighted by atomic mass is 32.2. The van der Waals surface area contributed by atoms with Crippen LogP contribution in [0, 0.1) is 11.8 Å². The van der Waals surface area contributed by atoms with Crippen molar-refractivity contribution in [2.24, 2.45) is 11.8 Å².